The molecule has 0 aromatic carbocycles. The van der Waals surface area contributed by atoms with Crippen LogP contribution in [-0.4, -0.2) is 39.9 Å². The Hall–Kier alpha value is -2.60. The molecule has 6 nitrogen and oxygen atoms in total. The van der Waals surface area contributed by atoms with Crippen LogP contribution in [0, 0.1) is 11.8 Å². The predicted octanol–water partition coefficient (Wildman–Crippen LogP) is 2.34. The minimum Gasteiger partial charge on any atom is -0.473 e. The highest BCUT2D eigenvalue weighted by Gasteiger charge is 2.81. The monoisotopic (exact) mass is 394 g/mol. The van der Waals surface area contributed by atoms with Crippen molar-refractivity contribution >= 4 is 23.1 Å². The van der Waals surface area contributed by atoms with Gasteiger partial charge in [0.2, 0.25) is 11.6 Å². The molecular weight excluding hydrogens is 372 g/mol. The third kappa shape index (κ3) is 1.95. The highest BCUT2D eigenvalue weighted by atomic mass is 16.6. The smallest absolute Gasteiger partial charge is 0.221 e. The second-order valence-electron chi connectivity index (χ2n) is 9.29. The van der Waals surface area contributed by atoms with Crippen molar-refractivity contribution in [3.8, 4) is 0 Å². The second-order valence-corrected chi connectivity index (χ2v) is 9.29. The van der Waals surface area contributed by atoms with Gasteiger partial charge in [-0.3, -0.25) is 19.2 Å². The van der Waals surface area contributed by atoms with Gasteiger partial charge in [0.1, 0.15) is 5.57 Å². The van der Waals surface area contributed by atoms with Crippen molar-refractivity contribution in [2.45, 2.75) is 57.3 Å². The van der Waals surface area contributed by atoms with E-state index in [1.54, 1.807) is 6.08 Å². The lowest BCUT2D eigenvalue weighted by Gasteiger charge is -2.56. The van der Waals surface area contributed by atoms with Crippen LogP contribution in [0.4, 0.5) is 0 Å². The molecule has 6 aliphatic rings. The Morgan fingerprint density at radius 1 is 1.14 bits per heavy atom. The molecule has 0 N–H and O–H groups in total. The van der Waals surface area contributed by atoms with E-state index in [1.807, 2.05) is 33.8 Å². The number of ketones is 4. The summed E-state index contributed by atoms with van der Waals surface area (Å²) in [4.78, 5) is 52.0. The molecule has 6 rings (SSSR count). The summed E-state index contributed by atoms with van der Waals surface area (Å²) in [7, 11) is 0. The number of carbonyl (C=O) groups is 4. The number of rotatable bonds is 2. The average Bonchev–Trinajstić information content (AvgIpc) is 2.81. The maximum Gasteiger partial charge on any atom is 0.221 e. The van der Waals surface area contributed by atoms with Crippen molar-refractivity contribution in [2.75, 3.05) is 0 Å². The van der Waals surface area contributed by atoms with Gasteiger partial charge in [-0.2, -0.15) is 0 Å². The van der Waals surface area contributed by atoms with Gasteiger partial charge in [-0.25, -0.2) is 0 Å². The van der Waals surface area contributed by atoms with Crippen LogP contribution >= 0.6 is 0 Å². The summed E-state index contributed by atoms with van der Waals surface area (Å²) in [6.07, 6.45) is 6.50. The summed E-state index contributed by atoms with van der Waals surface area (Å²) < 4.78 is 12.8. The van der Waals surface area contributed by atoms with Crippen LogP contribution in [0.5, 0.6) is 0 Å². The number of hydrogen-bond acceptors (Lipinski definition) is 6. The first-order chi connectivity index (χ1) is 13.5. The van der Waals surface area contributed by atoms with Gasteiger partial charge < -0.3 is 9.47 Å². The Bertz CT molecular complexity index is 1050. The van der Waals surface area contributed by atoms with Gasteiger partial charge in [-0.1, -0.05) is 17.7 Å². The van der Waals surface area contributed by atoms with Gasteiger partial charge in [0, 0.05) is 23.8 Å². The molecule has 1 saturated carbocycles. The lowest BCUT2D eigenvalue weighted by atomic mass is 9.51. The zero-order valence-corrected chi connectivity index (χ0v) is 16.8. The molecule has 2 aliphatic heterocycles. The Kier molecular flexibility index (Phi) is 3.37. The van der Waals surface area contributed by atoms with Crippen molar-refractivity contribution < 1.29 is 28.7 Å². The highest BCUT2D eigenvalue weighted by Crippen LogP contribution is 2.67. The van der Waals surface area contributed by atoms with Crippen LogP contribution in [0.1, 0.15) is 40.5 Å². The van der Waals surface area contributed by atoms with Crippen molar-refractivity contribution in [2.24, 2.45) is 11.8 Å². The van der Waals surface area contributed by atoms with E-state index in [1.165, 1.54) is 0 Å². The quantitative estimate of drug-likeness (QED) is 0.406. The van der Waals surface area contributed by atoms with Crippen molar-refractivity contribution in [3.63, 3.8) is 0 Å². The normalized spacial score (nSPS) is 38.6. The maximum absolute atomic E-state index is 13.6. The molecule has 0 aromatic heterocycles. The van der Waals surface area contributed by atoms with E-state index in [2.05, 4.69) is 0 Å². The Morgan fingerprint density at radius 2 is 1.83 bits per heavy atom. The number of Topliss-reactive ketones (excluding diaryl/α,β-unsaturated/α-hetero) is 2. The minimum absolute atomic E-state index is 0.123. The Labute approximate surface area is 168 Å². The topological polar surface area (TPSA) is 86.7 Å². The Balaban J connectivity index is 1.81. The summed E-state index contributed by atoms with van der Waals surface area (Å²) in [6.45, 7) is 7.65. The molecule has 6 heteroatoms. The van der Waals surface area contributed by atoms with E-state index in [-0.39, 0.29) is 29.5 Å². The number of hydrogen-bond donors (Lipinski definition) is 0. The van der Waals surface area contributed by atoms with E-state index in [0.717, 1.165) is 17.7 Å². The molecule has 0 aromatic rings. The van der Waals surface area contributed by atoms with Gasteiger partial charge in [0.25, 0.3) is 0 Å². The fraction of sp³-hybridized carbons (Fsp3) is 0.478. The second kappa shape index (κ2) is 5.30. The summed E-state index contributed by atoms with van der Waals surface area (Å²) >= 11 is 0. The fourth-order valence-corrected chi connectivity index (χ4v) is 5.84. The summed E-state index contributed by atoms with van der Waals surface area (Å²) in [5.74, 6) is -2.73. The largest absolute Gasteiger partial charge is 0.473 e. The van der Waals surface area contributed by atoms with Gasteiger partial charge in [-0.05, 0) is 46.3 Å². The van der Waals surface area contributed by atoms with Crippen LogP contribution in [-0.2, 0) is 28.7 Å². The molecule has 29 heavy (non-hydrogen) atoms. The van der Waals surface area contributed by atoms with E-state index in [4.69, 9.17) is 9.47 Å². The van der Waals surface area contributed by atoms with Crippen molar-refractivity contribution in [1.82, 2.24) is 0 Å². The first-order valence-corrected chi connectivity index (χ1v) is 9.90. The molecular formula is C23H22O6. The number of carbonyl (C=O) groups excluding carboxylic acids is 4. The molecule has 4 atom stereocenters. The lowest BCUT2D eigenvalue weighted by molar-refractivity contribution is -0.183. The molecule has 4 aliphatic carbocycles. The zero-order chi connectivity index (χ0) is 20.9. The molecule has 2 heterocycles. The van der Waals surface area contributed by atoms with Crippen molar-refractivity contribution in [3.05, 3.63) is 46.8 Å². The van der Waals surface area contributed by atoms with Crippen molar-refractivity contribution in [1.29, 1.82) is 0 Å². The molecule has 4 unspecified atom stereocenters. The SMILES string of the molecule is CC(C)=CCC12OC(C)(C)C3CC(C=C4C(=O)C5=C(OC431)C(=O)C=CC5=O)C2=O. The van der Waals surface area contributed by atoms with Gasteiger partial charge in [-0.15, -0.1) is 0 Å². The van der Waals surface area contributed by atoms with Crippen LogP contribution in [0.15, 0.2) is 46.8 Å². The molecule has 0 radical (unpaired) electrons. The summed E-state index contributed by atoms with van der Waals surface area (Å²) in [5.41, 5.74) is -2.47. The van der Waals surface area contributed by atoms with Gasteiger partial charge >= 0.3 is 0 Å². The standard InChI is InChI=1S/C23H22O6/c1-11(2)7-8-22-20(27)12-9-13-18(26)17-14(24)5-6-15(25)19(17)28-23(13,22)16(10-12)21(3,4)29-22/h5-7,9,12,16H,8,10H2,1-4H3. The zero-order valence-electron chi connectivity index (χ0n) is 16.8. The number of ether oxygens (including phenoxy) is 2. The van der Waals surface area contributed by atoms with E-state index in [0.29, 0.717) is 12.0 Å². The molecule has 150 valence electrons. The predicted molar refractivity (Wildman–Crippen MR) is 102 cm³/mol. The minimum atomic E-state index is -1.40. The molecule has 0 amide bonds. The Morgan fingerprint density at radius 3 is 2.52 bits per heavy atom. The highest BCUT2D eigenvalue weighted by molar-refractivity contribution is 6.36. The van der Waals surface area contributed by atoms with E-state index < -0.39 is 40.1 Å². The van der Waals surface area contributed by atoms with E-state index >= 15 is 0 Å². The molecule has 2 fully saturated rings. The summed E-state index contributed by atoms with van der Waals surface area (Å²) in [5, 5.41) is 0. The first kappa shape index (κ1) is 18.4. The van der Waals surface area contributed by atoms with E-state index in [9.17, 15) is 19.2 Å². The van der Waals surface area contributed by atoms with Crippen LogP contribution in [0.3, 0.4) is 0 Å². The molecule has 1 spiro atoms. The fourth-order valence-electron chi connectivity index (χ4n) is 5.84. The third-order valence-electron chi connectivity index (χ3n) is 6.98. The van der Waals surface area contributed by atoms with Gasteiger partial charge in [0.05, 0.1) is 5.60 Å². The average molecular weight is 394 g/mol. The first-order valence-electron chi connectivity index (χ1n) is 9.90. The lowest BCUT2D eigenvalue weighted by Crippen LogP contribution is -2.71. The van der Waals surface area contributed by atoms with Crippen LogP contribution < -0.4 is 0 Å². The summed E-state index contributed by atoms with van der Waals surface area (Å²) in [6, 6.07) is 0. The maximum atomic E-state index is 13.6. The van der Waals surface area contributed by atoms with Crippen LogP contribution in [0.25, 0.3) is 0 Å². The number of allylic oxidation sites excluding steroid dienone is 5. The molecule has 1 saturated heterocycles. The van der Waals surface area contributed by atoms with Crippen LogP contribution in [0.2, 0.25) is 0 Å². The molecule has 4 bridgehead atoms. The van der Waals surface area contributed by atoms with Gasteiger partial charge in [0.15, 0.2) is 28.5 Å². The third-order valence-corrected chi connectivity index (χ3v) is 6.98.